The second kappa shape index (κ2) is 5.52. The van der Waals surface area contributed by atoms with E-state index in [1.54, 1.807) is 0 Å². The quantitative estimate of drug-likeness (QED) is 0.782. The molecule has 86 valence electrons. The molecule has 0 radical (unpaired) electrons. The molecule has 0 heterocycles. The average molecular weight is 223 g/mol. The molecule has 2 aromatic carbocycles. The maximum Gasteiger partial charge on any atom is 0.0436 e. The van der Waals surface area contributed by atoms with Gasteiger partial charge in [0.15, 0.2) is 0 Å². The summed E-state index contributed by atoms with van der Waals surface area (Å²) in [5.74, 6) is 2.75. The number of hydrogen-bond donors (Lipinski definition) is 1. The van der Waals surface area contributed by atoms with Crippen LogP contribution >= 0.6 is 0 Å². The lowest BCUT2D eigenvalue weighted by Crippen LogP contribution is -2.20. The molecule has 0 spiro atoms. The molecule has 0 aliphatic heterocycles. The molecule has 0 aliphatic carbocycles. The Morgan fingerprint density at radius 1 is 1.18 bits per heavy atom. The molecule has 1 heteroatoms. The molecule has 0 amide bonds. The SMILES string of the molecule is C#CCC(NCC)c1cccc2ccccc12. The third kappa shape index (κ3) is 2.49. The van der Waals surface area contributed by atoms with Crippen molar-refractivity contribution in [2.24, 2.45) is 0 Å². The number of terminal acetylenes is 1. The van der Waals surface area contributed by atoms with Crippen molar-refractivity contribution in [1.82, 2.24) is 5.32 Å². The molecule has 17 heavy (non-hydrogen) atoms. The molecule has 0 aliphatic rings. The monoisotopic (exact) mass is 223 g/mol. The molecule has 2 aromatic rings. The molecular formula is C16H17N. The highest BCUT2D eigenvalue weighted by Gasteiger charge is 2.11. The summed E-state index contributed by atoms with van der Waals surface area (Å²) in [4.78, 5) is 0. The summed E-state index contributed by atoms with van der Waals surface area (Å²) in [6.07, 6.45) is 6.18. The van der Waals surface area contributed by atoms with E-state index in [0.717, 1.165) is 13.0 Å². The van der Waals surface area contributed by atoms with Crippen LogP contribution in [0.5, 0.6) is 0 Å². The number of hydrogen-bond acceptors (Lipinski definition) is 1. The molecule has 0 aromatic heterocycles. The van der Waals surface area contributed by atoms with Gasteiger partial charge in [-0.05, 0) is 22.9 Å². The summed E-state index contributed by atoms with van der Waals surface area (Å²) < 4.78 is 0. The predicted octanol–water partition coefficient (Wildman–Crippen LogP) is 3.51. The molecule has 0 saturated carbocycles. The lowest BCUT2D eigenvalue weighted by Gasteiger charge is -2.17. The summed E-state index contributed by atoms with van der Waals surface area (Å²) in [7, 11) is 0. The highest BCUT2D eigenvalue weighted by Crippen LogP contribution is 2.25. The summed E-state index contributed by atoms with van der Waals surface area (Å²) >= 11 is 0. The van der Waals surface area contributed by atoms with Crippen molar-refractivity contribution in [3.63, 3.8) is 0 Å². The highest BCUT2D eigenvalue weighted by atomic mass is 14.9. The Hall–Kier alpha value is -1.78. The molecule has 1 nitrogen and oxygen atoms in total. The number of fused-ring (bicyclic) bond motifs is 1. The fraction of sp³-hybridized carbons (Fsp3) is 0.250. The fourth-order valence-electron chi connectivity index (χ4n) is 2.21. The zero-order chi connectivity index (χ0) is 12.1. The maximum atomic E-state index is 5.45. The van der Waals surface area contributed by atoms with Gasteiger partial charge in [0, 0.05) is 12.5 Å². The number of nitrogens with one attached hydrogen (secondary N) is 1. The molecule has 2 rings (SSSR count). The molecular weight excluding hydrogens is 206 g/mol. The Morgan fingerprint density at radius 2 is 1.94 bits per heavy atom. The van der Waals surface area contributed by atoms with Crippen molar-refractivity contribution in [3.8, 4) is 12.3 Å². The summed E-state index contributed by atoms with van der Waals surface area (Å²) in [5, 5.41) is 6.01. The second-order valence-corrected chi connectivity index (χ2v) is 4.09. The van der Waals surface area contributed by atoms with Crippen molar-refractivity contribution < 1.29 is 0 Å². The van der Waals surface area contributed by atoms with E-state index in [2.05, 4.69) is 60.6 Å². The van der Waals surface area contributed by atoms with E-state index < -0.39 is 0 Å². The van der Waals surface area contributed by atoms with E-state index in [0.29, 0.717) is 0 Å². The highest BCUT2D eigenvalue weighted by molar-refractivity contribution is 5.86. The van der Waals surface area contributed by atoms with Crippen LogP contribution in [-0.2, 0) is 0 Å². The predicted molar refractivity (Wildman–Crippen MR) is 73.8 cm³/mol. The van der Waals surface area contributed by atoms with Gasteiger partial charge in [0.1, 0.15) is 0 Å². The topological polar surface area (TPSA) is 12.0 Å². The smallest absolute Gasteiger partial charge is 0.0436 e. The van der Waals surface area contributed by atoms with Gasteiger partial charge >= 0.3 is 0 Å². The third-order valence-corrected chi connectivity index (χ3v) is 2.97. The minimum absolute atomic E-state index is 0.246. The van der Waals surface area contributed by atoms with Gasteiger partial charge in [0.05, 0.1) is 0 Å². The minimum atomic E-state index is 0.246. The zero-order valence-electron chi connectivity index (χ0n) is 10.1. The van der Waals surface area contributed by atoms with Crippen LogP contribution in [0, 0.1) is 12.3 Å². The normalized spacial score (nSPS) is 12.2. The standard InChI is InChI=1S/C16H17N/c1-3-8-16(17-4-2)15-12-7-10-13-9-5-6-11-14(13)15/h1,5-7,9-12,16-17H,4,8H2,2H3. The number of benzene rings is 2. The van der Waals surface area contributed by atoms with Crippen LogP contribution in [0.25, 0.3) is 10.8 Å². The van der Waals surface area contributed by atoms with Gasteiger partial charge in [-0.3, -0.25) is 0 Å². The molecule has 1 unspecified atom stereocenters. The van der Waals surface area contributed by atoms with Crippen molar-refractivity contribution in [2.45, 2.75) is 19.4 Å². The van der Waals surface area contributed by atoms with E-state index >= 15 is 0 Å². The van der Waals surface area contributed by atoms with Gasteiger partial charge in [0.25, 0.3) is 0 Å². The summed E-state index contributed by atoms with van der Waals surface area (Å²) in [6, 6.07) is 15.1. The van der Waals surface area contributed by atoms with Gasteiger partial charge in [-0.2, -0.15) is 0 Å². The largest absolute Gasteiger partial charge is 0.309 e. The van der Waals surface area contributed by atoms with Crippen LogP contribution in [0.1, 0.15) is 24.9 Å². The van der Waals surface area contributed by atoms with Gasteiger partial charge in [0.2, 0.25) is 0 Å². The Kier molecular flexibility index (Phi) is 3.80. The van der Waals surface area contributed by atoms with E-state index in [9.17, 15) is 0 Å². The van der Waals surface area contributed by atoms with Crippen molar-refractivity contribution >= 4 is 10.8 Å². The molecule has 0 saturated heterocycles. The van der Waals surface area contributed by atoms with Crippen LogP contribution < -0.4 is 5.32 Å². The van der Waals surface area contributed by atoms with E-state index in [-0.39, 0.29) is 6.04 Å². The van der Waals surface area contributed by atoms with Crippen LogP contribution in [-0.4, -0.2) is 6.54 Å². The van der Waals surface area contributed by atoms with Gasteiger partial charge in [-0.25, -0.2) is 0 Å². The van der Waals surface area contributed by atoms with E-state index in [1.807, 2.05) is 0 Å². The summed E-state index contributed by atoms with van der Waals surface area (Å²) in [5.41, 5.74) is 1.29. The first-order valence-electron chi connectivity index (χ1n) is 6.01. The first-order valence-corrected chi connectivity index (χ1v) is 6.01. The molecule has 0 bridgehead atoms. The Balaban J connectivity index is 2.49. The first-order chi connectivity index (χ1) is 8.36. The summed E-state index contributed by atoms with van der Waals surface area (Å²) in [6.45, 7) is 3.03. The average Bonchev–Trinajstić information content (AvgIpc) is 2.38. The van der Waals surface area contributed by atoms with E-state index in [1.165, 1.54) is 16.3 Å². The van der Waals surface area contributed by atoms with Crippen molar-refractivity contribution in [1.29, 1.82) is 0 Å². The molecule has 0 fully saturated rings. The molecule has 1 atom stereocenters. The van der Waals surface area contributed by atoms with Crippen LogP contribution in [0.2, 0.25) is 0 Å². The van der Waals surface area contributed by atoms with E-state index in [4.69, 9.17) is 6.42 Å². The van der Waals surface area contributed by atoms with Gasteiger partial charge < -0.3 is 5.32 Å². The number of rotatable bonds is 4. The van der Waals surface area contributed by atoms with Crippen molar-refractivity contribution in [2.75, 3.05) is 6.54 Å². The fourth-order valence-corrected chi connectivity index (χ4v) is 2.21. The maximum absolute atomic E-state index is 5.45. The van der Waals surface area contributed by atoms with Crippen LogP contribution in [0.3, 0.4) is 0 Å². The Bertz CT molecular complexity index is 531. The second-order valence-electron chi connectivity index (χ2n) is 4.09. The van der Waals surface area contributed by atoms with Crippen molar-refractivity contribution in [3.05, 3.63) is 48.0 Å². The Morgan fingerprint density at radius 3 is 2.71 bits per heavy atom. The van der Waals surface area contributed by atoms with Gasteiger partial charge in [-0.15, -0.1) is 12.3 Å². The lowest BCUT2D eigenvalue weighted by atomic mass is 9.97. The third-order valence-electron chi connectivity index (χ3n) is 2.97. The Labute approximate surface area is 103 Å². The van der Waals surface area contributed by atoms with Crippen LogP contribution in [0.4, 0.5) is 0 Å². The zero-order valence-corrected chi connectivity index (χ0v) is 10.1. The molecule has 1 N–H and O–H groups in total. The lowest BCUT2D eigenvalue weighted by molar-refractivity contribution is 0.569. The first kappa shape index (κ1) is 11.7. The van der Waals surface area contributed by atoms with Crippen LogP contribution in [0.15, 0.2) is 42.5 Å². The van der Waals surface area contributed by atoms with Gasteiger partial charge in [-0.1, -0.05) is 49.4 Å². The minimum Gasteiger partial charge on any atom is -0.309 e.